The molecule has 0 spiro atoms. The number of rotatable bonds is 6. The molecule has 1 aromatic heterocycles. The zero-order chi connectivity index (χ0) is 24.1. The molecular formula is C24H23F3N4O3. The smallest absolute Gasteiger partial charge is 0.497 e. The maximum Gasteiger partial charge on any atom is 0.573 e. The monoisotopic (exact) mass is 472 g/mol. The number of nitrogens with zero attached hydrogens (tertiary/aromatic N) is 3. The topological polar surface area (TPSA) is 76.6 Å². The first-order valence-electron chi connectivity index (χ1n) is 10.7. The Hall–Kier alpha value is -3.82. The Balaban J connectivity index is 1.40. The molecule has 2 aromatic carbocycles. The number of alkyl halides is 3. The van der Waals surface area contributed by atoms with Gasteiger partial charge in [-0.1, -0.05) is 0 Å². The van der Waals surface area contributed by atoms with Crippen LogP contribution in [-0.2, 0) is 4.79 Å². The second kappa shape index (κ2) is 9.98. The number of hydrogen-bond donors (Lipinski definition) is 1. The fourth-order valence-corrected chi connectivity index (χ4v) is 3.82. The number of ether oxygens (including phenoxy) is 2. The van der Waals surface area contributed by atoms with Crippen LogP contribution < -0.4 is 19.7 Å². The average molecular weight is 472 g/mol. The normalized spacial score (nSPS) is 16.1. The van der Waals surface area contributed by atoms with Crippen LogP contribution in [0.1, 0.15) is 12.8 Å². The lowest BCUT2D eigenvalue weighted by atomic mass is 9.97. The van der Waals surface area contributed by atoms with Crippen molar-refractivity contribution in [2.75, 3.05) is 30.4 Å². The van der Waals surface area contributed by atoms with E-state index in [2.05, 4.69) is 20.0 Å². The first kappa shape index (κ1) is 23.3. The van der Waals surface area contributed by atoms with Crippen molar-refractivity contribution in [2.24, 2.45) is 5.92 Å². The molecular weight excluding hydrogens is 449 g/mol. The predicted molar refractivity (Wildman–Crippen MR) is 121 cm³/mol. The van der Waals surface area contributed by atoms with Crippen LogP contribution in [0.25, 0.3) is 11.3 Å². The Morgan fingerprint density at radius 1 is 1.06 bits per heavy atom. The van der Waals surface area contributed by atoms with E-state index >= 15 is 0 Å². The van der Waals surface area contributed by atoms with Crippen LogP contribution in [0.4, 0.5) is 24.7 Å². The van der Waals surface area contributed by atoms with Gasteiger partial charge in [-0.2, -0.15) is 0 Å². The summed E-state index contributed by atoms with van der Waals surface area (Å²) in [6.45, 7) is 1.23. The van der Waals surface area contributed by atoms with E-state index < -0.39 is 6.36 Å². The van der Waals surface area contributed by atoms with Gasteiger partial charge in [0.25, 0.3) is 0 Å². The summed E-state index contributed by atoms with van der Waals surface area (Å²) in [5.74, 6) is 0.654. The van der Waals surface area contributed by atoms with Crippen LogP contribution in [0, 0.1) is 5.92 Å². The number of piperidine rings is 1. The van der Waals surface area contributed by atoms with E-state index in [1.165, 1.54) is 18.5 Å². The van der Waals surface area contributed by atoms with Gasteiger partial charge in [-0.25, -0.2) is 9.97 Å². The van der Waals surface area contributed by atoms with Crippen LogP contribution >= 0.6 is 0 Å². The number of benzene rings is 2. The Kier molecular flexibility index (Phi) is 6.85. The Bertz CT molecular complexity index is 1120. The Morgan fingerprint density at radius 3 is 2.44 bits per heavy atom. The zero-order valence-electron chi connectivity index (χ0n) is 18.4. The molecule has 178 valence electrons. The molecule has 0 aliphatic carbocycles. The van der Waals surface area contributed by atoms with Gasteiger partial charge in [-0.05, 0) is 61.4 Å². The molecule has 2 heterocycles. The summed E-state index contributed by atoms with van der Waals surface area (Å²) < 4.78 is 46.0. The fourth-order valence-electron chi connectivity index (χ4n) is 3.82. The van der Waals surface area contributed by atoms with E-state index in [9.17, 15) is 18.0 Å². The number of carbonyl (C=O) groups excluding carboxylic acids is 1. The molecule has 1 amide bonds. The predicted octanol–water partition coefficient (Wildman–Crippen LogP) is 4.91. The lowest BCUT2D eigenvalue weighted by Crippen LogP contribution is -2.41. The maximum absolute atomic E-state index is 12.8. The largest absolute Gasteiger partial charge is 0.573 e. The van der Waals surface area contributed by atoms with Crippen LogP contribution in [0.3, 0.4) is 0 Å². The molecule has 1 atom stereocenters. The second-order valence-electron chi connectivity index (χ2n) is 7.84. The maximum atomic E-state index is 12.8. The van der Waals surface area contributed by atoms with Crippen molar-refractivity contribution >= 4 is 17.4 Å². The van der Waals surface area contributed by atoms with Crippen molar-refractivity contribution in [2.45, 2.75) is 19.2 Å². The summed E-state index contributed by atoms with van der Waals surface area (Å²) in [5, 5.41) is 2.77. The van der Waals surface area contributed by atoms with Crippen molar-refractivity contribution in [1.82, 2.24) is 9.97 Å². The van der Waals surface area contributed by atoms with Crippen LogP contribution in [0.2, 0.25) is 0 Å². The molecule has 0 bridgehead atoms. The molecule has 1 N–H and O–H groups in total. The van der Waals surface area contributed by atoms with Gasteiger partial charge < -0.3 is 19.7 Å². The number of hydrogen-bond acceptors (Lipinski definition) is 6. The highest BCUT2D eigenvalue weighted by Gasteiger charge is 2.31. The van der Waals surface area contributed by atoms with E-state index in [1.807, 2.05) is 35.2 Å². The first-order valence-corrected chi connectivity index (χ1v) is 10.7. The third-order valence-electron chi connectivity index (χ3n) is 5.51. The van der Waals surface area contributed by atoms with Gasteiger partial charge in [0.1, 0.15) is 23.6 Å². The van der Waals surface area contributed by atoms with E-state index in [0.717, 1.165) is 47.9 Å². The van der Waals surface area contributed by atoms with Crippen LogP contribution in [0.5, 0.6) is 11.5 Å². The molecule has 34 heavy (non-hydrogen) atoms. The lowest BCUT2D eigenvalue weighted by Gasteiger charge is -2.33. The number of anilines is 2. The van der Waals surface area contributed by atoms with Crippen molar-refractivity contribution in [3.63, 3.8) is 0 Å². The van der Waals surface area contributed by atoms with E-state index in [1.54, 1.807) is 7.11 Å². The van der Waals surface area contributed by atoms with Crippen molar-refractivity contribution in [1.29, 1.82) is 0 Å². The highest BCUT2D eigenvalue weighted by atomic mass is 19.4. The number of carbonyl (C=O) groups is 1. The molecule has 1 unspecified atom stereocenters. The van der Waals surface area contributed by atoms with E-state index in [0.29, 0.717) is 18.7 Å². The van der Waals surface area contributed by atoms with Crippen LogP contribution in [0.15, 0.2) is 60.9 Å². The molecule has 0 radical (unpaired) electrons. The summed E-state index contributed by atoms with van der Waals surface area (Å²) >= 11 is 0. The standard InChI is InChI=1S/C24H23F3N4O3/c1-33-19-8-4-16(5-9-19)21-13-22(29-15-28-21)31-12-2-3-17(14-31)23(32)30-18-6-10-20(11-7-18)34-24(25,26)27/h4-11,13,15,17H,2-3,12,14H2,1H3,(H,30,32). The molecule has 10 heteroatoms. The van der Waals surface area contributed by atoms with Gasteiger partial charge >= 0.3 is 6.36 Å². The van der Waals surface area contributed by atoms with E-state index in [4.69, 9.17) is 4.74 Å². The number of amides is 1. The Labute approximate surface area is 194 Å². The first-order chi connectivity index (χ1) is 16.3. The van der Waals surface area contributed by atoms with Crippen molar-refractivity contribution < 1.29 is 27.4 Å². The number of nitrogens with one attached hydrogen (secondary N) is 1. The SMILES string of the molecule is COc1ccc(-c2cc(N3CCCC(C(=O)Nc4ccc(OC(F)(F)F)cc4)C3)ncn2)cc1. The summed E-state index contributed by atoms with van der Waals surface area (Å²) in [6, 6.07) is 14.5. The minimum absolute atomic E-state index is 0.196. The van der Waals surface area contributed by atoms with Gasteiger partial charge in [0.05, 0.1) is 18.7 Å². The van der Waals surface area contributed by atoms with E-state index in [-0.39, 0.29) is 17.6 Å². The highest BCUT2D eigenvalue weighted by molar-refractivity contribution is 5.93. The summed E-state index contributed by atoms with van der Waals surface area (Å²) in [7, 11) is 1.61. The summed E-state index contributed by atoms with van der Waals surface area (Å²) in [4.78, 5) is 23.6. The minimum Gasteiger partial charge on any atom is -0.497 e. The van der Waals surface area contributed by atoms with Gasteiger partial charge in [0.15, 0.2) is 0 Å². The lowest BCUT2D eigenvalue weighted by molar-refractivity contribution is -0.274. The van der Waals surface area contributed by atoms with Crippen molar-refractivity contribution in [3.05, 3.63) is 60.9 Å². The third kappa shape index (κ3) is 5.94. The summed E-state index contributed by atoms with van der Waals surface area (Å²) in [5.41, 5.74) is 2.09. The second-order valence-corrected chi connectivity index (χ2v) is 7.84. The molecule has 0 saturated carbocycles. The minimum atomic E-state index is -4.76. The number of aromatic nitrogens is 2. The molecule has 1 aliphatic heterocycles. The molecule has 1 saturated heterocycles. The number of methoxy groups -OCH3 is 1. The quantitative estimate of drug-likeness (QED) is 0.550. The molecule has 1 fully saturated rings. The molecule has 3 aromatic rings. The van der Waals surface area contributed by atoms with Crippen LogP contribution in [-0.4, -0.2) is 42.4 Å². The summed E-state index contributed by atoms with van der Waals surface area (Å²) in [6.07, 6.45) is -1.75. The third-order valence-corrected chi connectivity index (χ3v) is 5.51. The van der Waals surface area contributed by atoms with Crippen molar-refractivity contribution in [3.8, 4) is 22.8 Å². The molecule has 7 nitrogen and oxygen atoms in total. The van der Waals surface area contributed by atoms with Gasteiger partial charge in [-0.3, -0.25) is 4.79 Å². The van der Waals surface area contributed by atoms with Gasteiger partial charge in [-0.15, -0.1) is 13.2 Å². The van der Waals surface area contributed by atoms with Gasteiger partial charge in [0.2, 0.25) is 5.91 Å². The highest BCUT2D eigenvalue weighted by Crippen LogP contribution is 2.28. The molecule has 4 rings (SSSR count). The molecule has 1 aliphatic rings. The zero-order valence-corrected chi connectivity index (χ0v) is 18.4. The average Bonchev–Trinajstić information content (AvgIpc) is 2.84. The Morgan fingerprint density at radius 2 is 1.76 bits per heavy atom. The fraction of sp³-hybridized carbons (Fsp3) is 0.292. The van der Waals surface area contributed by atoms with Gasteiger partial charge in [0, 0.05) is 30.4 Å². The number of halogens is 3.